The molecule has 1 aromatic carbocycles. The minimum atomic E-state index is 0.0877. The highest BCUT2D eigenvalue weighted by molar-refractivity contribution is 5.78. The Morgan fingerprint density at radius 2 is 1.74 bits per heavy atom. The molecule has 4 rings (SSSR count). The lowest BCUT2D eigenvalue weighted by molar-refractivity contribution is 0.584. The van der Waals surface area contributed by atoms with E-state index >= 15 is 0 Å². The maximum atomic E-state index is 13.3. The summed E-state index contributed by atoms with van der Waals surface area (Å²) in [5.41, 5.74) is 6.04. The first-order valence-electron chi connectivity index (χ1n) is 12.2. The van der Waals surface area contributed by atoms with Gasteiger partial charge in [-0.2, -0.15) is 0 Å². The Morgan fingerprint density at radius 3 is 2.41 bits per heavy atom. The zero-order valence-corrected chi connectivity index (χ0v) is 20.3. The molecule has 0 amide bonds. The molecular weight excluding hydrogens is 426 g/mol. The predicted octanol–water partition coefficient (Wildman–Crippen LogP) is 4.78. The van der Waals surface area contributed by atoms with E-state index in [4.69, 9.17) is 4.98 Å². The lowest BCUT2D eigenvalue weighted by Crippen LogP contribution is -2.26. The number of tetrazole rings is 1. The van der Waals surface area contributed by atoms with Crippen LogP contribution in [0.1, 0.15) is 62.9 Å². The molecule has 178 valence electrons. The summed E-state index contributed by atoms with van der Waals surface area (Å²) >= 11 is 0. The Kier molecular flexibility index (Phi) is 7.67. The molecule has 0 aliphatic rings. The number of rotatable bonds is 11. The number of aromatic nitrogens is 7. The van der Waals surface area contributed by atoms with Crippen LogP contribution in [0.5, 0.6) is 0 Å². The van der Waals surface area contributed by atoms with Gasteiger partial charge in [-0.3, -0.25) is 14.1 Å². The molecule has 0 saturated heterocycles. The normalized spacial score (nSPS) is 11.3. The Balaban J connectivity index is 1.62. The van der Waals surface area contributed by atoms with Crippen LogP contribution in [-0.2, 0) is 19.5 Å². The predicted molar refractivity (Wildman–Crippen MR) is 134 cm³/mol. The third kappa shape index (κ3) is 5.00. The second-order valence-corrected chi connectivity index (χ2v) is 8.71. The van der Waals surface area contributed by atoms with Crippen molar-refractivity contribution < 1.29 is 0 Å². The van der Waals surface area contributed by atoms with Crippen LogP contribution in [0.3, 0.4) is 0 Å². The van der Waals surface area contributed by atoms with Gasteiger partial charge in [0.1, 0.15) is 0 Å². The van der Waals surface area contributed by atoms with E-state index in [0.717, 1.165) is 72.4 Å². The highest BCUT2D eigenvalue weighted by Gasteiger charge is 2.17. The summed E-state index contributed by atoms with van der Waals surface area (Å²) in [5, 5.41) is 14.2. The average molecular weight is 460 g/mol. The summed E-state index contributed by atoms with van der Waals surface area (Å²) < 4.78 is 3.90. The Morgan fingerprint density at radius 1 is 0.941 bits per heavy atom. The summed E-state index contributed by atoms with van der Waals surface area (Å²) in [6.07, 6.45) is 8.30. The SMILES string of the molecule is CCCCCc1c(C)n(CCCC)c(=O)n1Cc1ccc(-c2ccccc2-c2nnn[nH]2)nc1. The number of hydrogen-bond donors (Lipinski definition) is 1. The summed E-state index contributed by atoms with van der Waals surface area (Å²) in [6.45, 7) is 7.76. The van der Waals surface area contributed by atoms with Gasteiger partial charge in [0.15, 0.2) is 5.82 Å². The zero-order chi connectivity index (χ0) is 23.9. The highest BCUT2D eigenvalue weighted by atomic mass is 16.1. The fraction of sp³-hybridized carbons (Fsp3) is 0.423. The van der Waals surface area contributed by atoms with E-state index in [2.05, 4.69) is 47.5 Å². The van der Waals surface area contributed by atoms with Crippen LogP contribution in [0, 0.1) is 6.92 Å². The smallest absolute Gasteiger partial charge is 0.296 e. The molecule has 4 aromatic rings. The van der Waals surface area contributed by atoms with Crippen LogP contribution >= 0.6 is 0 Å². The van der Waals surface area contributed by atoms with Gasteiger partial charge >= 0.3 is 5.69 Å². The van der Waals surface area contributed by atoms with E-state index < -0.39 is 0 Å². The third-order valence-corrected chi connectivity index (χ3v) is 6.33. The van der Waals surface area contributed by atoms with Gasteiger partial charge in [0, 0.05) is 35.3 Å². The van der Waals surface area contributed by atoms with Crippen molar-refractivity contribution in [2.75, 3.05) is 0 Å². The average Bonchev–Trinajstić information content (AvgIpc) is 3.47. The van der Waals surface area contributed by atoms with Crippen molar-refractivity contribution >= 4 is 0 Å². The maximum absolute atomic E-state index is 13.3. The standard InChI is InChI=1S/C26H33N7O/c1-4-6-8-13-24-19(3)32(16-7-5-2)26(34)33(24)18-20-14-15-23(27-17-20)21-11-9-10-12-22(21)25-28-30-31-29-25/h9-12,14-15,17H,4-8,13,16,18H2,1-3H3,(H,28,29,30,31). The van der Waals surface area contributed by atoms with Gasteiger partial charge in [-0.1, -0.05) is 63.4 Å². The number of aromatic amines is 1. The van der Waals surface area contributed by atoms with E-state index in [1.54, 1.807) is 0 Å². The summed E-state index contributed by atoms with van der Waals surface area (Å²) in [7, 11) is 0. The second kappa shape index (κ2) is 11.0. The lowest BCUT2D eigenvalue weighted by atomic mass is 10.0. The number of nitrogens with one attached hydrogen (secondary N) is 1. The van der Waals surface area contributed by atoms with Gasteiger partial charge in [-0.25, -0.2) is 9.89 Å². The Labute approximate surface area is 200 Å². The van der Waals surface area contributed by atoms with E-state index in [0.29, 0.717) is 12.4 Å². The van der Waals surface area contributed by atoms with Gasteiger partial charge in [0.25, 0.3) is 0 Å². The maximum Gasteiger partial charge on any atom is 0.328 e. The largest absolute Gasteiger partial charge is 0.328 e. The summed E-state index contributed by atoms with van der Waals surface area (Å²) in [5.74, 6) is 0.605. The number of hydrogen-bond acceptors (Lipinski definition) is 5. The van der Waals surface area contributed by atoms with Crippen molar-refractivity contribution in [3.05, 3.63) is 70.0 Å². The molecule has 0 aliphatic carbocycles. The third-order valence-electron chi connectivity index (χ3n) is 6.33. The van der Waals surface area contributed by atoms with E-state index in [1.165, 1.54) is 6.42 Å². The minimum Gasteiger partial charge on any atom is -0.296 e. The summed E-state index contributed by atoms with van der Waals surface area (Å²) in [6, 6.07) is 12.0. The molecule has 0 aliphatic heterocycles. The molecule has 8 heteroatoms. The van der Waals surface area contributed by atoms with Gasteiger partial charge in [0.05, 0.1) is 12.2 Å². The van der Waals surface area contributed by atoms with Crippen LogP contribution in [0.4, 0.5) is 0 Å². The topological polar surface area (TPSA) is 94.3 Å². The molecule has 3 aromatic heterocycles. The van der Waals surface area contributed by atoms with Crippen LogP contribution in [0.15, 0.2) is 47.4 Å². The fourth-order valence-electron chi connectivity index (χ4n) is 4.40. The number of pyridine rings is 1. The molecule has 1 N–H and O–H groups in total. The van der Waals surface area contributed by atoms with Crippen molar-refractivity contribution in [1.82, 2.24) is 34.7 Å². The van der Waals surface area contributed by atoms with Crippen molar-refractivity contribution in [2.24, 2.45) is 0 Å². The number of imidazole rings is 1. The Hall–Kier alpha value is -3.55. The van der Waals surface area contributed by atoms with Crippen LogP contribution in [0.2, 0.25) is 0 Å². The highest BCUT2D eigenvalue weighted by Crippen LogP contribution is 2.28. The zero-order valence-electron chi connectivity index (χ0n) is 20.3. The molecule has 0 atom stereocenters. The molecule has 0 spiro atoms. The number of benzene rings is 1. The molecule has 0 fully saturated rings. The number of unbranched alkanes of at least 4 members (excludes halogenated alkanes) is 3. The van der Waals surface area contributed by atoms with E-state index in [-0.39, 0.29) is 5.69 Å². The fourth-order valence-corrected chi connectivity index (χ4v) is 4.40. The van der Waals surface area contributed by atoms with Crippen molar-refractivity contribution in [3.8, 4) is 22.6 Å². The van der Waals surface area contributed by atoms with Crippen molar-refractivity contribution in [2.45, 2.75) is 72.4 Å². The monoisotopic (exact) mass is 459 g/mol. The molecule has 34 heavy (non-hydrogen) atoms. The molecule has 0 bridgehead atoms. The molecule has 8 nitrogen and oxygen atoms in total. The van der Waals surface area contributed by atoms with Gasteiger partial charge < -0.3 is 0 Å². The van der Waals surface area contributed by atoms with Gasteiger partial charge in [-0.15, -0.1) is 5.10 Å². The lowest BCUT2D eigenvalue weighted by Gasteiger charge is -2.10. The molecule has 0 unspecified atom stereocenters. The number of H-pyrrole nitrogens is 1. The molecular formula is C26H33N7O. The first-order valence-corrected chi connectivity index (χ1v) is 12.2. The van der Waals surface area contributed by atoms with E-state index in [9.17, 15) is 4.79 Å². The summed E-state index contributed by atoms with van der Waals surface area (Å²) in [4.78, 5) is 18.0. The van der Waals surface area contributed by atoms with Gasteiger partial charge in [0.2, 0.25) is 0 Å². The van der Waals surface area contributed by atoms with Crippen molar-refractivity contribution in [3.63, 3.8) is 0 Å². The van der Waals surface area contributed by atoms with E-state index in [1.807, 2.05) is 45.7 Å². The first kappa shape index (κ1) is 23.6. The number of nitrogens with zero attached hydrogens (tertiary/aromatic N) is 6. The molecule has 3 heterocycles. The molecule has 0 radical (unpaired) electrons. The van der Waals surface area contributed by atoms with Crippen LogP contribution < -0.4 is 5.69 Å². The van der Waals surface area contributed by atoms with Crippen molar-refractivity contribution in [1.29, 1.82) is 0 Å². The van der Waals surface area contributed by atoms with Crippen LogP contribution in [-0.4, -0.2) is 34.7 Å². The Bertz CT molecular complexity index is 1250. The molecule has 0 saturated carbocycles. The first-order chi connectivity index (χ1) is 16.6. The second-order valence-electron chi connectivity index (χ2n) is 8.71. The van der Waals surface area contributed by atoms with Gasteiger partial charge in [-0.05, 0) is 48.2 Å². The minimum absolute atomic E-state index is 0.0877. The quantitative estimate of drug-likeness (QED) is 0.326. The van der Waals surface area contributed by atoms with Crippen LogP contribution in [0.25, 0.3) is 22.6 Å².